The molecule has 3 aromatic carbocycles. The van der Waals surface area contributed by atoms with Crippen LogP contribution in [-0.2, 0) is 6.61 Å². The van der Waals surface area contributed by atoms with Crippen LogP contribution in [0.25, 0.3) is 0 Å². The van der Waals surface area contributed by atoms with Crippen LogP contribution in [0, 0.1) is 10.1 Å². The standard InChI is InChI=1S/C21H19NO5S2/c23-22(24)16-6-4-5-15(11-16)13-27-17-9-10-19-20(14-29(25,26)21(19)12-17)28-18-7-2-1-3-8-18/h1-12,20,25-26H,13-14H2/p-1. The second-order valence-corrected chi connectivity index (χ2v) is 9.97. The summed E-state index contributed by atoms with van der Waals surface area (Å²) in [5, 5.41) is 10.8. The fourth-order valence-electron chi connectivity index (χ4n) is 3.22. The largest absolute Gasteiger partial charge is 0.764 e. The van der Waals surface area contributed by atoms with Gasteiger partial charge < -0.3 is 24.4 Å². The number of hydrogen-bond acceptors (Lipinski definition) is 6. The van der Waals surface area contributed by atoms with E-state index in [0.717, 1.165) is 10.5 Å². The molecular weight excluding hydrogens is 410 g/mol. The molecule has 1 N–H and O–H groups in total. The van der Waals surface area contributed by atoms with Gasteiger partial charge >= 0.3 is 0 Å². The summed E-state index contributed by atoms with van der Waals surface area (Å²) < 4.78 is 29.0. The Hall–Kier alpha value is -2.52. The molecule has 29 heavy (non-hydrogen) atoms. The topological polar surface area (TPSA) is 95.7 Å². The molecule has 0 saturated carbocycles. The molecule has 0 spiro atoms. The van der Waals surface area contributed by atoms with Gasteiger partial charge in [0.2, 0.25) is 0 Å². The number of hydrogen-bond donors (Lipinski definition) is 1. The normalized spacial score (nSPS) is 22.5. The summed E-state index contributed by atoms with van der Waals surface area (Å²) in [7, 11) is -3.14. The van der Waals surface area contributed by atoms with Crippen LogP contribution in [-0.4, -0.2) is 19.8 Å². The van der Waals surface area contributed by atoms with E-state index in [1.54, 1.807) is 36.0 Å². The Kier molecular flexibility index (Phi) is 5.51. The monoisotopic (exact) mass is 428 g/mol. The van der Waals surface area contributed by atoms with Crippen LogP contribution in [0.5, 0.6) is 5.75 Å². The molecule has 150 valence electrons. The summed E-state index contributed by atoms with van der Waals surface area (Å²) in [5.41, 5.74) is 1.50. The number of nitro benzene ring substituents is 1. The highest BCUT2D eigenvalue weighted by Gasteiger charge is 2.31. The van der Waals surface area contributed by atoms with E-state index in [0.29, 0.717) is 16.2 Å². The van der Waals surface area contributed by atoms with Crippen LogP contribution in [0.1, 0.15) is 16.4 Å². The van der Waals surface area contributed by atoms with Crippen molar-refractivity contribution in [2.75, 3.05) is 5.75 Å². The van der Waals surface area contributed by atoms with Gasteiger partial charge in [-0.25, -0.2) is 0 Å². The van der Waals surface area contributed by atoms with Gasteiger partial charge in [-0.2, -0.15) is 0 Å². The third-order valence-corrected chi connectivity index (χ3v) is 7.89. The maximum atomic E-state index is 12.8. The fourth-order valence-corrected chi connectivity index (χ4v) is 6.74. The molecule has 1 aliphatic rings. The summed E-state index contributed by atoms with van der Waals surface area (Å²) in [6.07, 6.45) is 0. The van der Waals surface area contributed by atoms with Crippen LogP contribution in [0.15, 0.2) is 82.6 Å². The summed E-state index contributed by atoms with van der Waals surface area (Å²) >= 11 is 1.57. The Labute approximate surface area is 174 Å². The average molecular weight is 429 g/mol. The minimum atomic E-state index is -3.14. The van der Waals surface area contributed by atoms with Gasteiger partial charge in [0.1, 0.15) is 12.4 Å². The molecular formula is C21H18NO5S2-. The van der Waals surface area contributed by atoms with Crippen LogP contribution >= 0.6 is 22.4 Å². The van der Waals surface area contributed by atoms with Gasteiger partial charge in [-0.05, 0) is 29.3 Å². The van der Waals surface area contributed by atoms with Gasteiger partial charge in [0, 0.05) is 33.7 Å². The van der Waals surface area contributed by atoms with Gasteiger partial charge in [0.15, 0.2) is 0 Å². The van der Waals surface area contributed by atoms with Crippen molar-refractivity contribution >= 4 is 28.0 Å². The van der Waals surface area contributed by atoms with E-state index in [1.807, 2.05) is 36.4 Å². The fraction of sp³-hybridized carbons (Fsp3) is 0.143. The number of fused-ring (bicyclic) bond motifs is 1. The van der Waals surface area contributed by atoms with Crippen molar-refractivity contribution in [3.63, 3.8) is 0 Å². The molecule has 0 radical (unpaired) electrons. The van der Waals surface area contributed by atoms with Gasteiger partial charge in [0.25, 0.3) is 5.69 Å². The molecule has 0 aliphatic carbocycles. The number of rotatable bonds is 6. The summed E-state index contributed by atoms with van der Waals surface area (Å²) in [5.74, 6) is 0.623. The first kappa shape index (κ1) is 19.8. The zero-order valence-corrected chi connectivity index (χ0v) is 16.9. The minimum absolute atomic E-state index is 0.000732. The zero-order valence-electron chi connectivity index (χ0n) is 15.3. The van der Waals surface area contributed by atoms with Crippen molar-refractivity contribution in [1.82, 2.24) is 0 Å². The third kappa shape index (κ3) is 4.40. The van der Waals surface area contributed by atoms with Crippen molar-refractivity contribution < 1.29 is 18.8 Å². The van der Waals surface area contributed by atoms with Gasteiger partial charge in [-0.3, -0.25) is 10.1 Å². The van der Waals surface area contributed by atoms with Crippen LogP contribution in [0.4, 0.5) is 5.69 Å². The lowest BCUT2D eigenvalue weighted by Gasteiger charge is -2.42. The third-order valence-electron chi connectivity index (χ3n) is 4.60. The predicted molar refractivity (Wildman–Crippen MR) is 113 cm³/mol. The first-order chi connectivity index (χ1) is 13.9. The number of nitro groups is 1. The summed E-state index contributed by atoms with van der Waals surface area (Å²) in [4.78, 5) is 11.9. The Morgan fingerprint density at radius 1 is 1.10 bits per heavy atom. The molecule has 0 fully saturated rings. The Morgan fingerprint density at radius 3 is 2.66 bits per heavy atom. The van der Waals surface area contributed by atoms with Crippen LogP contribution in [0.3, 0.4) is 0 Å². The number of thioether (sulfide) groups is 1. The molecule has 1 aliphatic heterocycles. The van der Waals surface area contributed by atoms with Gasteiger partial charge in [0.05, 0.1) is 10.2 Å². The number of nitrogens with zero attached hydrogens (tertiary/aromatic N) is 1. The summed E-state index contributed by atoms with van der Waals surface area (Å²) in [6.45, 7) is 0.134. The second-order valence-electron chi connectivity index (χ2n) is 6.64. The van der Waals surface area contributed by atoms with Crippen molar-refractivity contribution in [1.29, 1.82) is 0 Å². The van der Waals surface area contributed by atoms with Crippen molar-refractivity contribution in [3.05, 3.63) is 94.0 Å². The molecule has 0 saturated heterocycles. The van der Waals surface area contributed by atoms with E-state index in [-0.39, 0.29) is 23.3 Å². The smallest absolute Gasteiger partial charge is 0.269 e. The van der Waals surface area contributed by atoms with E-state index in [4.69, 9.17) is 4.74 Å². The zero-order chi connectivity index (χ0) is 20.4. The van der Waals surface area contributed by atoms with Gasteiger partial charge in [-0.1, -0.05) is 36.4 Å². The van der Waals surface area contributed by atoms with Crippen molar-refractivity contribution in [2.45, 2.75) is 21.6 Å². The van der Waals surface area contributed by atoms with E-state index >= 15 is 0 Å². The van der Waals surface area contributed by atoms with E-state index in [1.165, 1.54) is 12.1 Å². The molecule has 3 aromatic rings. The first-order valence-electron chi connectivity index (χ1n) is 8.88. The van der Waals surface area contributed by atoms with Gasteiger partial charge in [-0.15, -0.1) is 11.8 Å². The first-order valence-corrected chi connectivity index (χ1v) is 11.4. The molecule has 0 amide bonds. The van der Waals surface area contributed by atoms with E-state index in [9.17, 15) is 19.2 Å². The molecule has 1 heterocycles. The number of benzene rings is 3. The molecule has 2 unspecified atom stereocenters. The van der Waals surface area contributed by atoms with Crippen molar-refractivity contribution in [3.8, 4) is 5.75 Å². The molecule has 6 nitrogen and oxygen atoms in total. The Bertz CT molecular complexity index is 1040. The molecule has 0 aromatic heterocycles. The Morgan fingerprint density at radius 2 is 1.90 bits per heavy atom. The predicted octanol–water partition coefficient (Wildman–Crippen LogP) is 5.79. The highest BCUT2D eigenvalue weighted by Crippen LogP contribution is 2.63. The average Bonchev–Trinajstić information content (AvgIpc) is 2.97. The van der Waals surface area contributed by atoms with Crippen molar-refractivity contribution in [2.24, 2.45) is 0 Å². The molecule has 2 atom stereocenters. The SMILES string of the molecule is O=[N+]([O-])c1cccc(COc2ccc3c(c2)S([O-])(O)CC3Sc2ccccc2)c1. The molecule has 0 bridgehead atoms. The van der Waals surface area contributed by atoms with E-state index < -0.39 is 15.5 Å². The highest BCUT2D eigenvalue weighted by molar-refractivity contribution is 8.25. The Balaban J connectivity index is 1.52. The van der Waals surface area contributed by atoms with E-state index in [2.05, 4.69) is 0 Å². The quantitative estimate of drug-likeness (QED) is 0.394. The maximum Gasteiger partial charge on any atom is 0.269 e. The lowest BCUT2D eigenvalue weighted by atomic mass is 10.1. The van der Waals surface area contributed by atoms with Crippen LogP contribution < -0.4 is 4.74 Å². The molecule has 8 heteroatoms. The minimum Gasteiger partial charge on any atom is -0.764 e. The lowest BCUT2D eigenvalue weighted by molar-refractivity contribution is -0.384. The summed E-state index contributed by atoms with van der Waals surface area (Å²) in [6, 6.07) is 21.2. The number of non-ortho nitro benzene ring substituents is 1. The highest BCUT2D eigenvalue weighted by atomic mass is 32.3. The number of ether oxygens (including phenoxy) is 1. The lowest BCUT2D eigenvalue weighted by Crippen LogP contribution is -2.00. The molecule has 4 rings (SSSR count). The second kappa shape index (κ2) is 8.08. The maximum absolute atomic E-state index is 12.8. The van der Waals surface area contributed by atoms with Crippen LogP contribution in [0.2, 0.25) is 0 Å².